The number of methoxy groups -OCH3 is 1. The van der Waals surface area contributed by atoms with Crippen molar-refractivity contribution in [1.82, 2.24) is 0 Å². The summed E-state index contributed by atoms with van der Waals surface area (Å²) in [5.41, 5.74) is -0.243. The molecule has 0 saturated carbocycles. The van der Waals surface area contributed by atoms with Crippen LogP contribution in [0.15, 0.2) is 12.1 Å². The van der Waals surface area contributed by atoms with E-state index in [1.54, 1.807) is 0 Å². The summed E-state index contributed by atoms with van der Waals surface area (Å²) in [5, 5.41) is -0.140. The Morgan fingerprint density at radius 2 is 2.21 bits per heavy atom. The average molecular weight is 217 g/mol. The summed E-state index contributed by atoms with van der Waals surface area (Å²) in [4.78, 5) is 21.7. The Morgan fingerprint density at radius 3 is 2.71 bits per heavy atom. The maximum Gasteiger partial charge on any atom is 0.340 e. The van der Waals surface area contributed by atoms with E-state index in [4.69, 9.17) is 11.6 Å². The number of aldehydes is 1. The zero-order valence-electron chi connectivity index (χ0n) is 7.21. The van der Waals surface area contributed by atoms with Gasteiger partial charge in [-0.25, -0.2) is 9.18 Å². The van der Waals surface area contributed by atoms with Crippen LogP contribution in [0.4, 0.5) is 4.39 Å². The Labute approximate surface area is 84.4 Å². The molecule has 14 heavy (non-hydrogen) atoms. The SMILES string of the molecule is COC(=O)c1c(Cl)cc(F)cc1C=O. The van der Waals surface area contributed by atoms with Crippen molar-refractivity contribution < 1.29 is 18.7 Å². The third kappa shape index (κ3) is 1.90. The molecule has 0 aliphatic carbocycles. The molecule has 0 aliphatic heterocycles. The molecule has 5 heteroatoms. The fourth-order valence-corrected chi connectivity index (χ4v) is 1.29. The number of benzene rings is 1. The largest absolute Gasteiger partial charge is 0.465 e. The van der Waals surface area contributed by atoms with Gasteiger partial charge in [0.1, 0.15) is 5.82 Å². The van der Waals surface area contributed by atoms with Crippen LogP contribution < -0.4 is 0 Å². The molecule has 0 amide bonds. The van der Waals surface area contributed by atoms with Crippen molar-refractivity contribution >= 4 is 23.9 Å². The van der Waals surface area contributed by atoms with Gasteiger partial charge in [0.15, 0.2) is 6.29 Å². The van der Waals surface area contributed by atoms with Gasteiger partial charge in [-0.3, -0.25) is 4.79 Å². The van der Waals surface area contributed by atoms with E-state index >= 15 is 0 Å². The Morgan fingerprint density at radius 1 is 1.57 bits per heavy atom. The number of esters is 1. The van der Waals surface area contributed by atoms with Crippen molar-refractivity contribution in [3.63, 3.8) is 0 Å². The molecule has 0 N–H and O–H groups in total. The van der Waals surface area contributed by atoms with Gasteiger partial charge in [-0.1, -0.05) is 11.6 Å². The number of ether oxygens (including phenoxy) is 1. The van der Waals surface area contributed by atoms with Gasteiger partial charge in [0.2, 0.25) is 0 Å². The van der Waals surface area contributed by atoms with Gasteiger partial charge < -0.3 is 4.74 Å². The van der Waals surface area contributed by atoms with Crippen LogP contribution >= 0.6 is 11.6 Å². The molecular formula is C9H6ClFO3. The predicted molar refractivity (Wildman–Crippen MR) is 48.1 cm³/mol. The second kappa shape index (κ2) is 4.19. The zero-order valence-corrected chi connectivity index (χ0v) is 7.97. The Bertz CT molecular complexity index is 390. The molecule has 74 valence electrons. The second-order valence-corrected chi connectivity index (χ2v) is 2.87. The van der Waals surface area contributed by atoms with Crippen LogP contribution in [0.5, 0.6) is 0 Å². The molecular weight excluding hydrogens is 211 g/mol. The maximum atomic E-state index is 12.8. The summed E-state index contributed by atoms with van der Waals surface area (Å²) in [7, 11) is 1.15. The van der Waals surface area contributed by atoms with Crippen LogP contribution in [0.3, 0.4) is 0 Å². The lowest BCUT2D eigenvalue weighted by atomic mass is 10.1. The van der Waals surface area contributed by atoms with Crippen molar-refractivity contribution in [1.29, 1.82) is 0 Å². The number of halogens is 2. The number of carbonyl (C=O) groups is 2. The van der Waals surface area contributed by atoms with Crippen molar-refractivity contribution in [2.75, 3.05) is 7.11 Å². The molecule has 0 aromatic heterocycles. The van der Waals surface area contributed by atoms with E-state index in [2.05, 4.69) is 4.74 Å². The smallest absolute Gasteiger partial charge is 0.340 e. The first kappa shape index (κ1) is 10.7. The Kier molecular flexibility index (Phi) is 3.19. The van der Waals surface area contributed by atoms with E-state index in [0.29, 0.717) is 6.29 Å². The lowest BCUT2D eigenvalue weighted by molar-refractivity contribution is 0.0598. The molecule has 1 aromatic rings. The van der Waals surface area contributed by atoms with Gasteiger partial charge in [0, 0.05) is 5.56 Å². The second-order valence-electron chi connectivity index (χ2n) is 2.46. The summed E-state index contributed by atoms with van der Waals surface area (Å²) < 4.78 is 17.2. The van der Waals surface area contributed by atoms with Crippen LogP contribution in [-0.4, -0.2) is 19.4 Å². The zero-order chi connectivity index (χ0) is 10.7. The van der Waals surface area contributed by atoms with E-state index in [0.717, 1.165) is 19.2 Å². The molecule has 1 rings (SSSR count). The maximum absolute atomic E-state index is 12.8. The van der Waals surface area contributed by atoms with E-state index in [9.17, 15) is 14.0 Å². The molecule has 0 bridgehead atoms. The van der Waals surface area contributed by atoms with E-state index in [-0.39, 0.29) is 16.1 Å². The van der Waals surface area contributed by atoms with Gasteiger partial charge in [-0.05, 0) is 12.1 Å². The van der Waals surface area contributed by atoms with Crippen molar-refractivity contribution in [3.05, 3.63) is 34.1 Å². The van der Waals surface area contributed by atoms with Gasteiger partial charge in [-0.2, -0.15) is 0 Å². The Hall–Kier alpha value is -1.42. The van der Waals surface area contributed by atoms with Crippen LogP contribution in [0, 0.1) is 5.82 Å². The minimum atomic E-state index is -0.767. The Balaban J connectivity index is 3.39. The third-order valence-corrected chi connectivity index (χ3v) is 1.90. The highest BCUT2D eigenvalue weighted by molar-refractivity contribution is 6.34. The number of hydrogen-bond donors (Lipinski definition) is 0. The summed E-state index contributed by atoms with van der Waals surface area (Å²) in [6.45, 7) is 0. The topological polar surface area (TPSA) is 43.4 Å². The number of hydrogen-bond acceptors (Lipinski definition) is 3. The van der Waals surface area contributed by atoms with Gasteiger partial charge in [0.05, 0.1) is 17.7 Å². The fourth-order valence-electron chi connectivity index (χ4n) is 1.00. The van der Waals surface area contributed by atoms with Crippen LogP contribution in [0.1, 0.15) is 20.7 Å². The third-order valence-electron chi connectivity index (χ3n) is 1.60. The first-order valence-electron chi connectivity index (χ1n) is 3.62. The van der Waals surface area contributed by atoms with Crippen LogP contribution in [0.2, 0.25) is 5.02 Å². The van der Waals surface area contributed by atoms with Gasteiger partial charge >= 0.3 is 5.97 Å². The summed E-state index contributed by atoms with van der Waals surface area (Å²) >= 11 is 5.59. The van der Waals surface area contributed by atoms with Crippen LogP contribution in [0.25, 0.3) is 0 Å². The first-order chi connectivity index (χ1) is 6.60. The molecule has 1 aromatic carbocycles. The molecule has 0 heterocycles. The molecule has 0 aliphatic rings. The highest BCUT2D eigenvalue weighted by atomic mass is 35.5. The highest BCUT2D eigenvalue weighted by Crippen LogP contribution is 2.21. The molecule has 3 nitrogen and oxygen atoms in total. The molecule has 0 unspecified atom stereocenters. The average Bonchev–Trinajstić information content (AvgIpc) is 2.15. The monoisotopic (exact) mass is 216 g/mol. The fraction of sp³-hybridized carbons (Fsp3) is 0.111. The van der Waals surface area contributed by atoms with E-state index in [1.807, 2.05) is 0 Å². The summed E-state index contributed by atoms with van der Waals surface area (Å²) in [5.74, 6) is -1.44. The quantitative estimate of drug-likeness (QED) is 0.562. The van der Waals surface area contributed by atoms with Gasteiger partial charge in [0.25, 0.3) is 0 Å². The summed E-state index contributed by atoms with van der Waals surface area (Å²) in [6.07, 6.45) is 0.348. The normalized spacial score (nSPS) is 9.64. The minimum absolute atomic E-state index is 0.120. The lowest BCUT2D eigenvalue weighted by Gasteiger charge is -2.04. The molecule has 0 saturated heterocycles. The lowest BCUT2D eigenvalue weighted by Crippen LogP contribution is -2.06. The highest BCUT2D eigenvalue weighted by Gasteiger charge is 2.17. The number of rotatable bonds is 2. The van der Waals surface area contributed by atoms with E-state index in [1.165, 1.54) is 0 Å². The predicted octanol–water partition coefficient (Wildman–Crippen LogP) is 2.08. The van der Waals surface area contributed by atoms with Crippen molar-refractivity contribution in [2.45, 2.75) is 0 Å². The first-order valence-corrected chi connectivity index (χ1v) is 4.00. The van der Waals surface area contributed by atoms with E-state index < -0.39 is 11.8 Å². The van der Waals surface area contributed by atoms with Crippen LogP contribution in [-0.2, 0) is 4.74 Å². The van der Waals surface area contributed by atoms with Gasteiger partial charge in [-0.15, -0.1) is 0 Å². The summed E-state index contributed by atoms with van der Waals surface area (Å²) in [6, 6.07) is 1.87. The molecule has 0 spiro atoms. The number of carbonyl (C=O) groups excluding carboxylic acids is 2. The minimum Gasteiger partial charge on any atom is -0.465 e. The molecule has 0 atom stereocenters. The van der Waals surface area contributed by atoms with Crippen molar-refractivity contribution in [3.8, 4) is 0 Å². The molecule has 0 radical (unpaired) electrons. The molecule has 0 fully saturated rings. The standard InChI is InChI=1S/C9H6ClFO3/c1-14-9(13)8-5(4-12)2-6(11)3-7(8)10/h2-4H,1H3. The van der Waals surface area contributed by atoms with Crippen molar-refractivity contribution in [2.24, 2.45) is 0 Å².